The molecule has 1 aromatic heterocycles. The predicted octanol–water partition coefficient (Wildman–Crippen LogP) is 2.01. The molecule has 0 spiro atoms. The fourth-order valence-corrected chi connectivity index (χ4v) is 1.95. The molecule has 2 N–H and O–H groups in total. The van der Waals surface area contributed by atoms with Crippen molar-refractivity contribution in [3.63, 3.8) is 0 Å². The Hall–Kier alpha value is -0.540. The van der Waals surface area contributed by atoms with Crippen LogP contribution in [0.2, 0.25) is 5.02 Å². The van der Waals surface area contributed by atoms with Gasteiger partial charge in [0, 0.05) is 12.5 Å². The molecule has 0 aromatic carbocycles. The summed E-state index contributed by atoms with van der Waals surface area (Å²) in [5, 5.41) is 5.11. The summed E-state index contributed by atoms with van der Waals surface area (Å²) >= 11 is 6.09. The maximum Gasteiger partial charge on any atom is 0.0820 e. The van der Waals surface area contributed by atoms with E-state index in [9.17, 15) is 0 Å². The largest absolute Gasteiger partial charge is 0.330 e. The Morgan fingerprint density at radius 3 is 3.00 bits per heavy atom. The van der Waals surface area contributed by atoms with Gasteiger partial charge in [-0.2, -0.15) is 5.10 Å². The van der Waals surface area contributed by atoms with Crippen molar-refractivity contribution < 1.29 is 0 Å². The zero-order valence-electron chi connectivity index (χ0n) is 8.41. The predicted molar refractivity (Wildman–Crippen MR) is 57.4 cm³/mol. The SMILES string of the molecule is CC(CN)Cn1ncc(Cl)c1C1CC1. The Morgan fingerprint density at radius 2 is 2.43 bits per heavy atom. The number of nitrogens with zero attached hydrogens (tertiary/aromatic N) is 2. The normalized spacial score (nSPS) is 18.5. The number of nitrogens with two attached hydrogens (primary N) is 1. The molecule has 1 aliphatic rings. The third-order valence-electron chi connectivity index (χ3n) is 2.68. The maximum absolute atomic E-state index is 6.09. The first-order valence-electron chi connectivity index (χ1n) is 5.13. The molecule has 1 aromatic rings. The summed E-state index contributed by atoms with van der Waals surface area (Å²) in [5.41, 5.74) is 6.81. The molecule has 0 amide bonds. The molecule has 2 rings (SSSR count). The van der Waals surface area contributed by atoms with Crippen LogP contribution in [0.25, 0.3) is 0 Å². The van der Waals surface area contributed by atoms with Gasteiger partial charge in [0.05, 0.1) is 16.9 Å². The molecule has 1 saturated carbocycles. The van der Waals surface area contributed by atoms with Gasteiger partial charge in [0.15, 0.2) is 0 Å². The zero-order chi connectivity index (χ0) is 10.1. The van der Waals surface area contributed by atoms with Crippen LogP contribution in [0, 0.1) is 5.92 Å². The van der Waals surface area contributed by atoms with Crippen molar-refractivity contribution in [1.29, 1.82) is 0 Å². The number of hydrogen-bond acceptors (Lipinski definition) is 2. The third kappa shape index (κ3) is 1.93. The first-order valence-corrected chi connectivity index (χ1v) is 5.51. The molecule has 0 bridgehead atoms. The van der Waals surface area contributed by atoms with Crippen molar-refractivity contribution in [3.05, 3.63) is 16.9 Å². The fourth-order valence-electron chi connectivity index (χ4n) is 1.65. The fraction of sp³-hybridized carbons (Fsp3) is 0.700. The van der Waals surface area contributed by atoms with E-state index < -0.39 is 0 Å². The van der Waals surface area contributed by atoms with Gasteiger partial charge in [-0.15, -0.1) is 0 Å². The van der Waals surface area contributed by atoms with Crippen molar-refractivity contribution in [2.24, 2.45) is 11.7 Å². The van der Waals surface area contributed by atoms with Crippen LogP contribution in [-0.2, 0) is 6.54 Å². The van der Waals surface area contributed by atoms with Gasteiger partial charge in [-0.25, -0.2) is 0 Å². The van der Waals surface area contributed by atoms with E-state index in [0.717, 1.165) is 11.6 Å². The minimum absolute atomic E-state index is 0.462. The number of aromatic nitrogens is 2. The van der Waals surface area contributed by atoms with Crippen LogP contribution in [0.15, 0.2) is 6.20 Å². The summed E-state index contributed by atoms with van der Waals surface area (Å²) in [6.45, 7) is 3.71. The number of rotatable bonds is 4. The second-order valence-electron chi connectivity index (χ2n) is 4.18. The Morgan fingerprint density at radius 1 is 1.71 bits per heavy atom. The van der Waals surface area contributed by atoms with Gasteiger partial charge in [0.1, 0.15) is 0 Å². The average molecular weight is 214 g/mol. The lowest BCUT2D eigenvalue weighted by Gasteiger charge is -2.11. The quantitative estimate of drug-likeness (QED) is 0.832. The number of hydrogen-bond donors (Lipinski definition) is 1. The molecule has 78 valence electrons. The third-order valence-corrected chi connectivity index (χ3v) is 2.98. The van der Waals surface area contributed by atoms with Crippen molar-refractivity contribution in [3.8, 4) is 0 Å². The summed E-state index contributed by atoms with van der Waals surface area (Å²) in [4.78, 5) is 0. The average Bonchev–Trinajstić information content (AvgIpc) is 2.93. The molecule has 0 radical (unpaired) electrons. The van der Waals surface area contributed by atoms with Crippen LogP contribution in [0.3, 0.4) is 0 Å². The molecule has 4 heteroatoms. The molecular weight excluding hydrogens is 198 g/mol. The minimum atomic E-state index is 0.462. The lowest BCUT2D eigenvalue weighted by molar-refractivity contribution is 0.447. The van der Waals surface area contributed by atoms with Crippen molar-refractivity contribution in [1.82, 2.24) is 9.78 Å². The molecule has 0 saturated heterocycles. The van der Waals surface area contributed by atoms with Crippen LogP contribution >= 0.6 is 11.6 Å². The highest BCUT2D eigenvalue weighted by molar-refractivity contribution is 6.31. The smallest absolute Gasteiger partial charge is 0.0820 e. The summed E-state index contributed by atoms with van der Waals surface area (Å²) in [6, 6.07) is 0. The summed E-state index contributed by atoms with van der Waals surface area (Å²) in [6.07, 6.45) is 4.25. The van der Waals surface area contributed by atoms with Crippen LogP contribution in [0.1, 0.15) is 31.4 Å². The Balaban J connectivity index is 2.15. The Labute approximate surface area is 89.2 Å². The van der Waals surface area contributed by atoms with E-state index in [2.05, 4.69) is 12.0 Å². The Bertz CT molecular complexity index is 317. The standard InChI is InChI=1S/C10H16ClN3/c1-7(4-12)6-14-10(8-2-3-8)9(11)5-13-14/h5,7-8H,2-4,6,12H2,1H3. The molecular formula is C10H16ClN3. The number of halogens is 1. The van der Waals surface area contributed by atoms with Gasteiger partial charge >= 0.3 is 0 Å². The molecule has 1 fully saturated rings. The maximum atomic E-state index is 6.09. The highest BCUT2D eigenvalue weighted by Gasteiger charge is 2.29. The summed E-state index contributed by atoms with van der Waals surface area (Å²) in [5.74, 6) is 1.11. The summed E-state index contributed by atoms with van der Waals surface area (Å²) in [7, 11) is 0. The van der Waals surface area contributed by atoms with E-state index in [1.165, 1.54) is 18.5 Å². The highest BCUT2D eigenvalue weighted by Crippen LogP contribution is 2.43. The van der Waals surface area contributed by atoms with Crippen molar-refractivity contribution in [2.45, 2.75) is 32.2 Å². The second-order valence-corrected chi connectivity index (χ2v) is 4.58. The molecule has 1 atom stereocenters. The van der Waals surface area contributed by atoms with Gasteiger partial charge in [0.25, 0.3) is 0 Å². The molecule has 1 aliphatic carbocycles. The van der Waals surface area contributed by atoms with Gasteiger partial charge in [-0.05, 0) is 25.3 Å². The van der Waals surface area contributed by atoms with Crippen LogP contribution in [-0.4, -0.2) is 16.3 Å². The van der Waals surface area contributed by atoms with E-state index in [-0.39, 0.29) is 0 Å². The van der Waals surface area contributed by atoms with Gasteiger partial charge in [0.2, 0.25) is 0 Å². The van der Waals surface area contributed by atoms with Crippen LogP contribution < -0.4 is 5.73 Å². The monoisotopic (exact) mass is 213 g/mol. The molecule has 0 aliphatic heterocycles. The first-order chi connectivity index (χ1) is 6.72. The van der Waals surface area contributed by atoms with E-state index in [4.69, 9.17) is 17.3 Å². The molecule has 1 unspecified atom stereocenters. The van der Waals surface area contributed by atoms with Crippen molar-refractivity contribution >= 4 is 11.6 Å². The Kier molecular flexibility index (Phi) is 2.79. The van der Waals surface area contributed by atoms with E-state index in [0.29, 0.717) is 18.4 Å². The van der Waals surface area contributed by atoms with Crippen LogP contribution in [0.5, 0.6) is 0 Å². The lowest BCUT2D eigenvalue weighted by Crippen LogP contribution is -2.19. The minimum Gasteiger partial charge on any atom is -0.330 e. The van der Waals surface area contributed by atoms with E-state index in [1.54, 1.807) is 6.20 Å². The van der Waals surface area contributed by atoms with Gasteiger partial charge < -0.3 is 5.73 Å². The van der Waals surface area contributed by atoms with Gasteiger partial charge in [-0.1, -0.05) is 18.5 Å². The van der Waals surface area contributed by atoms with E-state index in [1.807, 2.05) is 4.68 Å². The lowest BCUT2D eigenvalue weighted by atomic mass is 10.2. The molecule has 3 nitrogen and oxygen atoms in total. The summed E-state index contributed by atoms with van der Waals surface area (Å²) < 4.78 is 2.03. The zero-order valence-corrected chi connectivity index (χ0v) is 9.17. The first kappa shape index (κ1) is 9.99. The van der Waals surface area contributed by atoms with Gasteiger partial charge in [-0.3, -0.25) is 4.68 Å². The molecule has 14 heavy (non-hydrogen) atoms. The molecule has 1 heterocycles. The highest BCUT2D eigenvalue weighted by atomic mass is 35.5. The van der Waals surface area contributed by atoms with Crippen molar-refractivity contribution in [2.75, 3.05) is 6.54 Å². The van der Waals surface area contributed by atoms with E-state index >= 15 is 0 Å². The van der Waals surface area contributed by atoms with Crippen LogP contribution in [0.4, 0.5) is 0 Å². The second kappa shape index (κ2) is 3.91. The topological polar surface area (TPSA) is 43.8 Å².